The largest absolute Gasteiger partial charge is 0.356 e. The highest BCUT2D eigenvalue weighted by Gasteiger charge is 2.42. The van der Waals surface area contributed by atoms with Crippen LogP contribution in [-0.4, -0.2) is 30.3 Å². The Balaban J connectivity index is 1.87. The summed E-state index contributed by atoms with van der Waals surface area (Å²) >= 11 is 0. The number of carbonyl (C=O) groups is 1. The van der Waals surface area contributed by atoms with Crippen LogP contribution in [-0.2, 0) is 9.53 Å². The highest BCUT2D eigenvalue weighted by molar-refractivity contribution is 5.94. The van der Waals surface area contributed by atoms with Gasteiger partial charge in [0.1, 0.15) is 12.4 Å². The van der Waals surface area contributed by atoms with E-state index in [1.807, 2.05) is 13.8 Å². The van der Waals surface area contributed by atoms with Crippen LogP contribution in [0.1, 0.15) is 52.9 Å². The summed E-state index contributed by atoms with van der Waals surface area (Å²) in [7, 11) is 0. The molecule has 0 saturated heterocycles. The van der Waals surface area contributed by atoms with Gasteiger partial charge in [0.2, 0.25) is 0 Å². The molecule has 0 aromatic carbocycles. The minimum absolute atomic E-state index is 0.0453. The molecular formula is C19H28FNO2. The third kappa shape index (κ3) is 3.92. The zero-order valence-electron chi connectivity index (χ0n) is 14.3. The van der Waals surface area contributed by atoms with Gasteiger partial charge < -0.3 is 4.74 Å². The number of halogens is 1. The maximum atomic E-state index is 13.5. The average Bonchev–Trinajstić information content (AvgIpc) is 3.31. The summed E-state index contributed by atoms with van der Waals surface area (Å²) < 4.78 is 19.4. The van der Waals surface area contributed by atoms with Crippen LogP contribution in [0, 0.1) is 11.8 Å². The first kappa shape index (κ1) is 16.8. The Morgan fingerprint density at radius 1 is 1.35 bits per heavy atom. The minimum atomic E-state index is -0.701. The number of nitrogens with one attached hydrogen (secondary N) is 1. The number of ketones is 1. The average molecular weight is 321 g/mol. The summed E-state index contributed by atoms with van der Waals surface area (Å²) in [5.74, 6) is 1.06. The van der Waals surface area contributed by atoms with Gasteiger partial charge in [0, 0.05) is 11.6 Å². The highest BCUT2D eigenvalue weighted by Crippen LogP contribution is 2.44. The van der Waals surface area contributed by atoms with Gasteiger partial charge in [-0.2, -0.15) is 0 Å². The molecule has 1 fully saturated rings. The van der Waals surface area contributed by atoms with Crippen molar-refractivity contribution in [2.45, 2.75) is 77.4 Å². The topological polar surface area (TPSA) is 38.3 Å². The van der Waals surface area contributed by atoms with E-state index in [0.29, 0.717) is 24.7 Å². The van der Waals surface area contributed by atoms with E-state index in [0.717, 1.165) is 12.0 Å². The third-order valence-corrected chi connectivity index (χ3v) is 5.13. The fraction of sp³-hybridized carbons (Fsp3) is 0.737. The Morgan fingerprint density at radius 2 is 2.09 bits per heavy atom. The fourth-order valence-corrected chi connectivity index (χ4v) is 3.79. The first-order valence-electron chi connectivity index (χ1n) is 8.93. The number of hydrogen-bond donors (Lipinski definition) is 1. The maximum absolute atomic E-state index is 13.5. The quantitative estimate of drug-likeness (QED) is 0.785. The zero-order chi connectivity index (χ0) is 16.6. The molecule has 0 aromatic heterocycles. The van der Waals surface area contributed by atoms with Crippen molar-refractivity contribution >= 4 is 5.78 Å². The summed E-state index contributed by atoms with van der Waals surface area (Å²) in [6.07, 6.45) is 7.59. The Labute approximate surface area is 138 Å². The van der Waals surface area contributed by atoms with E-state index < -0.39 is 6.17 Å². The van der Waals surface area contributed by atoms with Crippen molar-refractivity contribution in [2.24, 2.45) is 11.8 Å². The van der Waals surface area contributed by atoms with Gasteiger partial charge in [0.25, 0.3) is 0 Å². The number of carbonyl (C=O) groups excluding carboxylic acids is 1. The second-order valence-corrected chi connectivity index (χ2v) is 7.45. The summed E-state index contributed by atoms with van der Waals surface area (Å²) in [5, 5.41) is 3.57. The normalized spacial score (nSPS) is 35.0. The number of hydrogen-bond acceptors (Lipinski definition) is 3. The standard InChI is InChI=1S/C19H28FNO2/c1-11(2)23-19-16(12(3)22)10-17(13-4-5-13)18(21-19)14-6-8-15(20)9-7-14/h6,10-11,13,15,17-19,21H,4-5,7-9H2,1-3H3/t15-,17+,18?,19+/m0/s1. The van der Waals surface area contributed by atoms with E-state index in [1.54, 1.807) is 6.92 Å². The number of allylic oxidation sites excluding steroid dienone is 1. The van der Waals surface area contributed by atoms with Crippen LogP contribution in [0.5, 0.6) is 0 Å². The lowest BCUT2D eigenvalue weighted by Crippen LogP contribution is -2.52. The molecule has 1 unspecified atom stereocenters. The van der Waals surface area contributed by atoms with E-state index in [2.05, 4.69) is 17.5 Å². The van der Waals surface area contributed by atoms with Gasteiger partial charge in [-0.3, -0.25) is 10.1 Å². The molecule has 0 spiro atoms. The number of ether oxygens (including phenoxy) is 1. The summed E-state index contributed by atoms with van der Waals surface area (Å²) in [6.45, 7) is 5.58. The minimum Gasteiger partial charge on any atom is -0.356 e. The Bertz CT molecular complexity index is 521. The van der Waals surface area contributed by atoms with Crippen molar-refractivity contribution in [3.63, 3.8) is 0 Å². The van der Waals surface area contributed by atoms with Gasteiger partial charge in [-0.25, -0.2) is 4.39 Å². The highest BCUT2D eigenvalue weighted by atomic mass is 19.1. The van der Waals surface area contributed by atoms with Gasteiger partial charge in [-0.1, -0.05) is 17.7 Å². The monoisotopic (exact) mass is 321 g/mol. The van der Waals surface area contributed by atoms with Gasteiger partial charge in [0.05, 0.1) is 6.10 Å². The second kappa shape index (κ2) is 6.86. The summed E-state index contributed by atoms with van der Waals surface area (Å²) in [5.41, 5.74) is 2.05. The molecule has 3 aliphatic rings. The molecule has 4 heteroatoms. The van der Waals surface area contributed by atoms with E-state index in [-0.39, 0.29) is 24.2 Å². The Hall–Kier alpha value is -1.00. The van der Waals surface area contributed by atoms with Gasteiger partial charge in [-0.05, 0) is 64.7 Å². The molecule has 0 bridgehead atoms. The van der Waals surface area contributed by atoms with Crippen LogP contribution in [0.15, 0.2) is 23.3 Å². The smallest absolute Gasteiger partial charge is 0.159 e. The summed E-state index contributed by atoms with van der Waals surface area (Å²) in [6, 6.07) is 0.182. The fourth-order valence-electron chi connectivity index (χ4n) is 3.79. The molecule has 3 rings (SSSR count). The Kier molecular flexibility index (Phi) is 5.02. The van der Waals surface area contributed by atoms with Crippen LogP contribution in [0.2, 0.25) is 0 Å². The van der Waals surface area contributed by atoms with Crippen molar-refractivity contribution < 1.29 is 13.9 Å². The van der Waals surface area contributed by atoms with Crippen LogP contribution in [0.25, 0.3) is 0 Å². The van der Waals surface area contributed by atoms with Crippen molar-refractivity contribution in [3.05, 3.63) is 23.3 Å². The lowest BCUT2D eigenvalue weighted by Gasteiger charge is -2.39. The molecule has 1 aliphatic heterocycles. The van der Waals surface area contributed by atoms with Gasteiger partial charge >= 0.3 is 0 Å². The van der Waals surface area contributed by atoms with Crippen LogP contribution >= 0.6 is 0 Å². The first-order chi connectivity index (χ1) is 11.0. The molecule has 128 valence electrons. The predicted molar refractivity (Wildman–Crippen MR) is 88.7 cm³/mol. The van der Waals surface area contributed by atoms with Gasteiger partial charge in [0.15, 0.2) is 5.78 Å². The van der Waals surface area contributed by atoms with Crippen LogP contribution < -0.4 is 5.32 Å². The number of Topliss-reactive ketones (excluding diaryl/α,β-unsaturated/α-hetero) is 1. The number of alkyl halides is 1. The lowest BCUT2D eigenvalue weighted by molar-refractivity contribution is -0.116. The molecule has 0 aromatic rings. The molecule has 0 radical (unpaired) electrons. The molecule has 2 aliphatic carbocycles. The first-order valence-corrected chi connectivity index (χ1v) is 8.93. The Morgan fingerprint density at radius 3 is 2.61 bits per heavy atom. The van der Waals surface area contributed by atoms with Crippen LogP contribution in [0.4, 0.5) is 4.39 Å². The maximum Gasteiger partial charge on any atom is 0.159 e. The molecule has 3 nitrogen and oxygen atoms in total. The summed E-state index contributed by atoms with van der Waals surface area (Å²) in [4.78, 5) is 12.1. The second-order valence-electron chi connectivity index (χ2n) is 7.45. The SMILES string of the molecule is CC(=O)C1=C[C@H](C2CC2)C(C2=CC[C@H](F)CC2)N[C@@H]1OC(C)C. The third-order valence-electron chi connectivity index (χ3n) is 5.13. The number of rotatable bonds is 5. The molecule has 23 heavy (non-hydrogen) atoms. The predicted octanol–water partition coefficient (Wildman–Crippen LogP) is 3.70. The van der Waals surface area contributed by atoms with Crippen molar-refractivity contribution in [2.75, 3.05) is 0 Å². The van der Waals surface area contributed by atoms with Crippen molar-refractivity contribution in [1.82, 2.24) is 5.32 Å². The van der Waals surface area contributed by atoms with E-state index >= 15 is 0 Å². The molecule has 1 heterocycles. The van der Waals surface area contributed by atoms with E-state index in [9.17, 15) is 9.18 Å². The molecular weight excluding hydrogens is 293 g/mol. The zero-order valence-corrected chi connectivity index (χ0v) is 14.3. The molecule has 0 amide bonds. The molecule has 4 atom stereocenters. The van der Waals surface area contributed by atoms with Crippen molar-refractivity contribution in [1.29, 1.82) is 0 Å². The van der Waals surface area contributed by atoms with E-state index in [4.69, 9.17) is 4.74 Å². The van der Waals surface area contributed by atoms with E-state index in [1.165, 1.54) is 18.4 Å². The molecule has 1 N–H and O–H groups in total. The van der Waals surface area contributed by atoms with Crippen LogP contribution in [0.3, 0.4) is 0 Å². The molecule has 1 saturated carbocycles. The van der Waals surface area contributed by atoms with Gasteiger partial charge in [-0.15, -0.1) is 0 Å². The lowest BCUT2D eigenvalue weighted by atomic mass is 9.79. The van der Waals surface area contributed by atoms with Crippen molar-refractivity contribution in [3.8, 4) is 0 Å².